The average Bonchev–Trinajstić information content (AvgIpc) is 2.52. The van der Waals surface area contributed by atoms with E-state index in [2.05, 4.69) is 29.2 Å². The van der Waals surface area contributed by atoms with Crippen molar-refractivity contribution in [3.05, 3.63) is 47.5 Å². The second kappa shape index (κ2) is 4.46. The molecule has 2 aromatic carbocycles. The van der Waals surface area contributed by atoms with Gasteiger partial charge in [-0.15, -0.1) is 0 Å². The molecule has 3 heteroatoms. The minimum atomic E-state index is 0.107. The van der Waals surface area contributed by atoms with Crippen molar-refractivity contribution in [1.82, 2.24) is 0 Å². The Labute approximate surface area is 117 Å². The highest BCUT2D eigenvalue weighted by molar-refractivity contribution is 6.23. The first-order chi connectivity index (χ1) is 9.84. The fraction of sp³-hybridized carbons (Fsp3) is 0.235. The Hall–Kier alpha value is -2.13. The van der Waals surface area contributed by atoms with Crippen LogP contribution in [0, 0.1) is 0 Å². The van der Waals surface area contributed by atoms with Gasteiger partial charge in [-0.1, -0.05) is 30.3 Å². The molecule has 0 atom stereocenters. The number of rotatable bonds is 1. The summed E-state index contributed by atoms with van der Waals surface area (Å²) in [5, 5.41) is 2.22. The second-order valence-corrected chi connectivity index (χ2v) is 5.20. The highest BCUT2D eigenvalue weighted by atomic mass is 16.5. The summed E-state index contributed by atoms with van der Waals surface area (Å²) in [6.45, 7) is 3.14. The summed E-state index contributed by atoms with van der Waals surface area (Å²) in [6.07, 6.45) is 3.60. The number of benzene rings is 2. The lowest BCUT2D eigenvalue weighted by Gasteiger charge is -2.31. The van der Waals surface area contributed by atoms with Gasteiger partial charge >= 0.3 is 0 Å². The SMILES string of the molecule is O=C1C=Cc2cccc3ccc(N4CCOCC4)c1c23. The van der Waals surface area contributed by atoms with Crippen molar-refractivity contribution in [2.45, 2.75) is 0 Å². The Kier molecular flexibility index (Phi) is 2.60. The Bertz CT molecular complexity index is 727. The fourth-order valence-electron chi connectivity index (χ4n) is 3.10. The number of anilines is 1. The van der Waals surface area contributed by atoms with Crippen molar-refractivity contribution < 1.29 is 9.53 Å². The number of allylic oxidation sites excluding steroid dienone is 1. The van der Waals surface area contributed by atoms with E-state index >= 15 is 0 Å². The maximum absolute atomic E-state index is 12.4. The molecular weight excluding hydrogens is 250 g/mol. The van der Waals surface area contributed by atoms with Gasteiger partial charge in [0.1, 0.15) is 0 Å². The molecule has 1 aliphatic carbocycles. The number of nitrogens with zero attached hydrogens (tertiary/aromatic N) is 1. The molecule has 1 aliphatic heterocycles. The number of carbonyl (C=O) groups excluding carboxylic acids is 1. The van der Waals surface area contributed by atoms with E-state index in [0.717, 1.165) is 53.9 Å². The van der Waals surface area contributed by atoms with Gasteiger partial charge in [-0.2, -0.15) is 0 Å². The van der Waals surface area contributed by atoms with E-state index in [4.69, 9.17) is 4.74 Å². The van der Waals surface area contributed by atoms with Crippen LogP contribution in [-0.4, -0.2) is 32.1 Å². The second-order valence-electron chi connectivity index (χ2n) is 5.20. The van der Waals surface area contributed by atoms with Gasteiger partial charge in [0.05, 0.1) is 18.8 Å². The number of ketones is 1. The molecule has 0 unspecified atom stereocenters. The van der Waals surface area contributed by atoms with E-state index < -0.39 is 0 Å². The third kappa shape index (κ3) is 1.67. The molecule has 2 aromatic rings. The van der Waals surface area contributed by atoms with Gasteiger partial charge in [-0.3, -0.25) is 4.79 Å². The Morgan fingerprint density at radius 2 is 1.85 bits per heavy atom. The molecule has 2 aliphatic rings. The molecule has 0 spiro atoms. The summed E-state index contributed by atoms with van der Waals surface area (Å²) in [6, 6.07) is 10.4. The van der Waals surface area contributed by atoms with Crippen LogP contribution in [0.25, 0.3) is 16.8 Å². The predicted molar refractivity (Wildman–Crippen MR) is 80.3 cm³/mol. The predicted octanol–water partition coefficient (Wildman–Crippen LogP) is 2.89. The summed E-state index contributed by atoms with van der Waals surface area (Å²) >= 11 is 0. The van der Waals surface area contributed by atoms with Crippen LogP contribution in [0.1, 0.15) is 15.9 Å². The zero-order chi connectivity index (χ0) is 13.5. The van der Waals surface area contributed by atoms with Crippen LogP contribution in [0.15, 0.2) is 36.4 Å². The van der Waals surface area contributed by atoms with Crippen LogP contribution < -0.4 is 4.90 Å². The summed E-state index contributed by atoms with van der Waals surface area (Å²) in [4.78, 5) is 14.6. The third-order valence-electron chi connectivity index (χ3n) is 4.07. The topological polar surface area (TPSA) is 29.5 Å². The van der Waals surface area contributed by atoms with Crippen molar-refractivity contribution in [1.29, 1.82) is 0 Å². The van der Waals surface area contributed by atoms with Crippen LogP contribution in [-0.2, 0) is 4.74 Å². The van der Waals surface area contributed by atoms with Gasteiger partial charge in [0.2, 0.25) is 0 Å². The molecule has 1 heterocycles. The molecular formula is C17H15NO2. The zero-order valence-electron chi connectivity index (χ0n) is 11.1. The van der Waals surface area contributed by atoms with E-state index in [9.17, 15) is 4.79 Å². The normalized spacial score (nSPS) is 17.8. The molecule has 0 N–H and O–H groups in total. The van der Waals surface area contributed by atoms with Crippen molar-refractivity contribution in [2.24, 2.45) is 0 Å². The number of hydrogen-bond donors (Lipinski definition) is 0. The van der Waals surface area contributed by atoms with Gasteiger partial charge in [0.25, 0.3) is 0 Å². The maximum Gasteiger partial charge on any atom is 0.188 e. The van der Waals surface area contributed by atoms with Gasteiger partial charge in [-0.25, -0.2) is 0 Å². The highest BCUT2D eigenvalue weighted by Gasteiger charge is 2.23. The first kappa shape index (κ1) is 11.7. The number of hydrogen-bond acceptors (Lipinski definition) is 3. The molecule has 100 valence electrons. The highest BCUT2D eigenvalue weighted by Crippen LogP contribution is 2.35. The summed E-state index contributed by atoms with van der Waals surface area (Å²) in [5.41, 5.74) is 3.03. The van der Waals surface area contributed by atoms with Gasteiger partial charge in [0, 0.05) is 24.2 Å². The van der Waals surface area contributed by atoms with E-state index in [1.54, 1.807) is 6.08 Å². The average molecular weight is 265 g/mol. The van der Waals surface area contributed by atoms with E-state index in [0.29, 0.717) is 0 Å². The Morgan fingerprint density at radius 1 is 1.00 bits per heavy atom. The van der Waals surface area contributed by atoms with Gasteiger partial charge in [-0.05, 0) is 23.1 Å². The largest absolute Gasteiger partial charge is 0.378 e. The quantitative estimate of drug-likeness (QED) is 0.794. The molecule has 0 aromatic heterocycles. The van der Waals surface area contributed by atoms with Crippen LogP contribution >= 0.6 is 0 Å². The van der Waals surface area contributed by atoms with Crippen LogP contribution in [0.4, 0.5) is 5.69 Å². The number of carbonyl (C=O) groups is 1. The standard InChI is InChI=1S/C17H15NO2/c19-15-7-5-13-3-1-2-12-4-6-14(17(15)16(12)13)18-8-10-20-11-9-18/h1-7H,8-11H2. The van der Waals surface area contributed by atoms with Crippen LogP contribution in [0.5, 0.6) is 0 Å². The lowest BCUT2D eigenvalue weighted by Crippen LogP contribution is -2.37. The maximum atomic E-state index is 12.4. The molecule has 1 saturated heterocycles. The molecule has 4 rings (SSSR count). The van der Waals surface area contributed by atoms with E-state index in [-0.39, 0.29) is 5.78 Å². The van der Waals surface area contributed by atoms with E-state index in [1.165, 1.54) is 0 Å². The van der Waals surface area contributed by atoms with Crippen LogP contribution in [0.2, 0.25) is 0 Å². The smallest absolute Gasteiger partial charge is 0.188 e. The summed E-state index contributed by atoms with van der Waals surface area (Å²) < 4.78 is 5.41. The Balaban J connectivity index is 1.98. The first-order valence-corrected chi connectivity index (χ1v) is 6.95. The molecule has 0 bridgehead atoms. The molecule has 20 heavy (non-hydrogen) atoms. The lowest BCUT2D eigenvalue weighted by molar-refractivity contribution is 0.104. The minimum absolute atomic E-state index is 0.107. The van der Waals surface area contributed by atoms with Gasteiger partial charge in [0.15, 0.2) is 5.78 Å². The first-order valence-electron chi connectivity index (χ1n) is 6.95. The molecule has 0 amide bonds. The van der Waals surface area contributed by atoms with Crippen molar-refractivity contribution >= 4 is 28.3 Å². The fourth-order valence-corrected chi connectivity index (χ4v) is 3.10. The van der Waals surface area contributed by atoms with Gasteiger partial charge < -0.3 is 9.64 Å². The number of ether oxygens (including phenoxy) is 1. The molecule has 1 fully saturated rings. The lowest BCUT2D eigenvalue weighted by atomic mass is 9.90. The zero-order valence-corrected chi connectivity index (χ0v) is 11.1. The molecule has 3 nitrogen and oxygen atoms in total. The Morgan fingerprint density at radius 3 is 2.70 bits per heavy atom. The summed E-state index contributed by atoms with van der Waals surface area (Å²) in [5.74, 6) is 0.107. The minimum Gasteiger partial charge on any atom is -0.378 e. The van der Waals surface area contributed by atoms with E-state index in [1.807, 2.05) is 12.1 Å². The molecule has 0 saturated carbocycles. The third-order valence-corrected chi connectivity index (χ3v) is 4.07. The molecule has 0 radical (unpaired) electrons. The monoisotopic (exact) mass is 265 g/mol. The number of morpholine rings is 1. The van der Waals surface area contributed by atoms with Crippen molar-refractivity contribution in [3.8, 4) is 0 Å². The summed E-state index contributed by atoms with van der Waals surface area (Å²) in [7, 11) is 0. The van der Waals surface area contributed by atoms with Crippen molar-refractivity contribution in [2.75, 3.05) is 31.2 Å². The van der Waals surface area contributed by atoms with Crippen molar-refractivity contribution in [3.63, 3.8) is 0 Å². The van der Waals surface area contributed by atoms with Crippen LogP contribution in [0.3, 0.4) is 0 Å².